The Labute approximate surface area is 147 Å². The van der Waals surface area contributed by atoms with Crippen LogP contribution in [0.15, 0.2) is 35.5 Å². The summed E-state index contributed by atoms with van der Waals surface area (Å²) in [6.45, 7) is 1.14. The van der Waals surface area contributed by atoms with Crippen molar-refractivity contribution < 1.29 is 13.2 Å². The fourth-order valence-electron chi connectivity index (χ4n) is 2.97. The van der Waals surface area contributed by atoms with Gasteiger partial charge < -0.3 is 10.5 Å². The van der Waals surface area contributed by atoms with Gasteiger partial charge in [-0.3, -0.25) is 4.68 Å². The van der Waals surface area contributed by atoms with Crippen LogP contribution in [0, 0.1) is 0 Å². The molecular weight excluding hydrogens is 342 g/mol. The fourth-order valence-corrected chi connectivity index (χ4v) is 4.67. The molecule has 1 aliphatic rings. The smallest absolute Gasteiger partial charge is 0.243 e. The van der Waals surface area contributed by atoms with Crippen LogP contribution in [0.3, 0.4) is 0 Å². The van der Waals surface area contributed by atoms with Crippen molar-refractivity contribution in [3.8, 4) is 5.75 Å². The number of nitrogens with zero attached hydrogens (tertiary/aromatic N) is 4. The first-order valence-electron chi connectivity index (χ1n) is 8.30. The Hall–Kier alpha value is -1.97. The van der Waals surface area contributed by atoms with Crippen LogP contribution in [0.1, 0.15) is 25.1 Å². The largest absolute Gasteiger partial charge is 0.486 e. The Bertz CT molecular complexity index is 803. The van der Waals surface area contributed by atoms with Gasteiger partial charge in [0.25, 0.3) is 0 Å². The van der Waals surface area contributed by atoms with Gasteiger partial charge in [0, 0.05) is 26.2 Å². The number of hydrogen-bond donors (Lipinski definition) is 1. The molecule has 1 aliphatic heterocycles. The highest BCUT2D eigenvalue weighted by atomic mass is 32.2. The quantitative estimate of drug-likeness (QED) is 0.816. The molecule has 0 spiro atoms. The Balaban J connectivity index is 1.71. The predicted octanol–water partition coefficient (Wildman–Crippen LogP) is 0.896. The van der Waals surface area contributed by atoms with Gasteiger partial charge in [0.15, 0.2) is 5.82 Å². The molecule has 1 aromatic heterocycles. The van der Waals surface area contributed by atoms with E-state index >= 15 is 0 Å². The molecular formula is C16H23N5O3S. The van der Waals surface area contributed by atoms with Crippen LogP contribution in [0.25, 0.3) is 0 Å². The zero-order valence-electron chi connectivity index (χ0n) is 14.2. The van der Waals surface area contributed by atoms with Crippen LogP contribution in [0.2, 0.25) is 0 Å². The molecule has 2 heterocycles. The number of rotatable bonds is 6. The minimum atomic E-state index is -3.53. The third-order valence-electron chi connectivity index (χ3n) is 4.45. The van der Waals surface area contributed by atoms with Crippen LogP contribution in [0.5, 0.6) is 5.75 Å². The molecule has 2 N–H and O–H groups in total. The molecule has 25 heavy (non-hydrogen) atoms. The van der Waals surface area contributed by atoms with Gasteiger partial charge in [-0.15, -0.1) is 0 Å². The zero-order valence-corrected chi connectivity index (χ0v) is 15.0. The third-order valence-corrected chi connectivity index (χ3v) is 6.41. The van der Waals surface area contributed by atoms with Crippen molar-refractivity contribution in [2.24, 2.45) is 12.8 Å². The van der Waals surface area contributed by atoms with Crippen molar-refractivity contribution >= 4 is 10.0 Å². The first-order valence-corrected chi connectivity index (χ1v) is 9.74. The highest BCUT2D eigenvalue weighted by Crippen LogP contribution is 2.26. The standard InChI is InChI=1S/C16H23N5O3S/c1-20-16(18-12-19-20)11-24-14-5-7-15(8-6-14)25(22,23)21-9-3-2-4-13(21)10-17/h5-8,12-13H,2-4,9-11,17H2,1H3/t13-/m1/s1. The lowest BCUT2D eigenvalue weighted by molar-refractivity contribution is 0.257. The van der Waals surface area contributed by atoms with E-state index in [9.17, 15) is 8.42 Å². The van der Waals surface area contributed by atoms with Gasteiger partial charge in [-0.25, -0.2) is 13.4 Å². The van der Waals surface area contributed by atoms with Crippen molar-refractivity contribution in [1.29, 1.82) is 0 Å². The lowest BCUT2D eigenvalue weighted by Gasteiger charge is -2.33. The van der Waals surface area contributed by atoms with E-state index in [2.05, 4.69) is 10.1 Å². The Morgan fingerprint density at radius 3 is 2.68 bits per heavy atom. The number of nitrogens with two attached hydrogens (primary N) is 1. The molecule has 3 rings (SSSR count). The number of benzene rings is 1. The molecule has 1 saturated heterocycles. The Kier molecular flexibility index (Phi) is 5.36. The lowest BCUT2D eigenvalue weighted by atomic mass is 10.1. The maximum atomic E-state index is 12.9. The molecule has 0 amide bonds. The van der Waals surface area contributed by atoms with Gasteiger partial charge in [-0.1, -0.05) is 6.42 Å². The molecule has 1 aromatic carbocycles. The minimum absolute atomic E-state index is 0.120. The average Bonchev–Trinajstić information content (AvgIpc) is 3.05. The van der Waals surface area contributed by atoms with Crippen molar-refractivity contribution in [3.63, 3.8) is 0 Å². The molecule has 1 atom stereocenters. The summed E-state index contributed by atoms with van der Waals surface area (Å²) in [4.78, 5) is 4.34. The maximum Gasteiger partial charge on any atom is 0.243 e. The normalized spacial score (nSPS) is 19.0. The molecule has 9 heteroatoms. The monoisotopic (exact) mass is 365 g/mol. The second-order valence-corrected chi connectivity index (χ2v) is 7.95. The average molecular weight is 365 g/mol. The number of hydrogen-bond acceptors (Lipinski definition) is 6. The number of ether oxygens (including phenoxy) is 1. The van der Waals surface area contributed by atoms with Gasteiger partial charge in [-0.05, 0) is 37.1 Å². The highest BCUT2D eigenvalue weighted by Gasteiger charge is 2.32. The molecule has 0 unspecified atom stereocenters. The summed E-state index contributed by atoms with van der Waals surface area (Å²) in [6, 6.07) is 6.34. The van der Waals surface area contributed by atoms with E-state index in [1.54, 1.807) is 36.0 Å². The molecule has 136 valence electrons. The lowest BCUT2D eigenvalue weighted by Crippen LogP contribution is -2.47. The number of sulfonamides is 1. The van der Waals surface area contributed by atoms with Crippen molar-refractivity contribution in [2.75, 3.05) is 13.1 Å². The van der Waals surface area contributed by atoms with Gasteiger partial charge in [0.2, 0.25) is 10.0 Å². The molecule has 0 aliphatic carbocycles. The van der Waals surface area contributed by atoms with Gasteiger partial charge >= 0.3 is 0 Å². The van der Waals surface area contributed by atoms with Crippen LogP contribution in [0.4, 0.5) is 0 Å². The molecule has 0 bridgehead atoms. The SMILES string of the molecule is Cn1ncnc1COc1ccc(S(=O)(=O)N2CCCC[C@@H]2CN)cc1. The minimum Gasteiger partial charge on any atom is -0.486 e. The number of piperidine rings is 1. The first-order chi connectivity index (χ1) is 12.0. The molecule has 0 radical (unpaired) electrons. The van der Waals surface area contributed by atoms with E-state index in [0.717, 1.165) is 19.3 Å². The molecule has 0 saturated carbocycles. The molecule has 8 nitrogen and oxygen atoms in total. The predicted molar refractivity (Wildman–Crippen MR) is 92.4 cm³/mol. The van der Waals surface area contributed by atoms with Crippen molar-refractivity contribution in [2.45, 2.75) is 36.8 Å². The van der Waals surface area contributed by atoms with E-state index in [1.165, 1.54) is 10.6 Å². The van der Waals surface area contributed by atoms with Crippen LogP contribution < -0.4 is 10.5 Å². The summed E-state index contributed by atoms with van der Waals surface area (Å²) in [5, 5.41) is 3.97. The second-order valence-electron chi connectivity index (χ2n) is 6.06. The molecule has 2 aromatic rings. The highest BCUT2D eigenvalue weighted by molar-refractivity contribution is 7.89. The van der Waals surface area contributed by atoms with Crippen molar-refractivity contribution in [3.05, 3.63) is 36.4 Å². The summed E-state index contributed by atoms with van der Waals surface area (Å²) in [5.74, 6) is 1.27. The van der Waals surface area contributed by atoms with Gasteiger partial charge in [0.05, 0.1) is 4.90 Å². The number of aryl methyl sites for hydroxylation is 1. The van der Waals surface area contributed by atoms with Gasteiger partial charge in [-0.2, -0.15) is 9.40 Å². The maximum absolute atomic E-state index is 12.9. The number of aromatic nitrogens is 3. The third kappa shape index (κ3) is 3.83. The topological polar surface area (TPSA) is 103 Å². The Morgan fingerprint density at radius 1 is 1.28 bits per heavy atom. The summed E-state index contributed by atoms with van der Waals surface area (Å²) in [5.41, 5.74) is 5.75. The first kappa shape index (κ1) is 17.8. The van der Waals surface area contributed by atoms with E-state index in [4.69, 9.17) is 10.5 Å². The van der Waals surface area contributed by atoms with Crippen LogP contribution in [-0.4, -0.2) is 46.6 Å². The Morgan fingerprint density at radius 2 is 2.04 bits per heavy atom. The van der Waals surface area contributed by atoms with Crippen LogP contribution >= 0.6 is 0 Å². The fraction of sp³-hybridized carbons (Fsp3) is 0.500. The summed E-state index contributed by atoms with van der Waals surface area (Å²) >= 11 is 0. The van der Waals surface area contributed by atoms with E-state index in [1.807, 2.05) is 0 Å². The van der Waals surface area contributed by atoms with Gasteiger partial charge in [0.1, 0.15) is 18.7 Å². The van der Waals surface area contributed by atoms with E-state index in [0.29, 0.717) is 24.7 Å². The van der Waals surface area contributed by atoms with E-state index < -0.39 is 10.0 Å². The van der Waals surface area contributed by atoms with Crippen molar-refractivity contribution in [1.82, 2.24) is 19.1 Å². The summed E-state index contributed by atoms with van der Waals surface area (Å²) < 4.78 is 34.5. The summed E-state index contributed by atoms with van der Waals surface area (Å²) in [6.07, 6.45) is 4.16. The summed E-state index contributed by atoms with van der Waals surface area (Å²) in [7, 11) is -1.75. The van der Waals surface area contributed by atoms with Crippen LogP contribution in [-0.2, 0) is 23.7 Å². The second kappa shape index (κ2) is 7.51. The molecule has 1 fully saturated rings. The van der Waals surface area contributed by atoms with E-state index in [-0.39, 0.29) is 17.5 Å². The zero-order chi connectivity index (χ0) is 17.9.